The Morgan fingerprint density at radius 3 is 2.27 bits per heavy atom. The number of carbonyl (C=O) groups is 1. The first-order valence-electron chi connectivity index (χ1n) is 12.4. The quantitative estimate of drug-likeness (QED) is 0.219. The number of alkyl halides is 3. The van der Waals surface area contributed by atoms with Gasteiger partial charge in [0.15, 0.2) is 0 Å². The SMILES string of the molecule is C=CCN(Cc1cnc(S(=O)(=O)Cc2ccccc2C)n1Cc1ccccc1)C(=O)c1ccc(C(F)(F)F)cc1. The van der Waals surface area contributed by atoms with Gasteiger partial charge in [-0.1, -0.05) is 60.7 Å². The summed E-state index contributed by atoms with van der Waals surface area (Å²) in [5, 5.41) is -0.130. The molecule has 0 unspecified atom stereocenters. The van der Waals surface area contributed by atoms with Gasteiger partial charge in [0, 0.05) is 12.1 Å². The van der Waals surface area contributed by atoms with E-state index in [0.29, 0.717) is 11.3 Å². The van der Waals surface area contributed by atoms with Crippen molar-refractivity contribution in [2.75, 3.05) is 6.54 Å². The Kier molecular flexibility index (Phi) is 8.58. The molecular formula is C30H28F3N3O3S. The van der Waals surface area contributed by atoms with Gasteiger partial charge in [-0.25, -0.2) is 13.4 Å². The van der Waals surface area contributed by atoms with Gasteiger partial charge in [0.05, 0.1) is 36.3 Å². The number of aryl methyl sites for hydroxylation is 1. The number of hydrogen-bond donors (Lipinski definition) is 0. The van der Waals surface area contributed by atoms with Crippen molar-refractivity contribution in [1.29, 1.82) is 0 Å². The lowest BCUT2D eigenvalue weighted by molar-refractivity contribution is -0.137. The van der Waals surface area contributed by atoms with E-state index in [2.05, 4.69) is 11.6 Å². The fraction of sp³-hybridized carbons (Fsp3) is 0.200. The van der Waals surface area contributed by atoms with E-state index < -0.39 is 27.5 Å². The summed E-state index contributed by atoms with van der Waals surface area (Å²) in [5.74, 6) is -0.767. The van der Waals surface area contributed by atoms with E-state index in [-0.39, 0.29) is 36.1 Å². The number of nitrogens with zero attached hydrogens (tertiary/aromatic N) is 3. The molecule has 10 heteroatoms. The number of carbonyl (C=O) groups excluding carboxylic acids is 1. The van der Waals surface area contributed by atoms with Crippen LogP contribution in [-0.4, -0.2) is 35.3 Å². The number of halogens is 3. The molecule has 0 N–H and O–H groups in total. The van der Waals surface area contributed by atoms with Gasteiger partial charge in [-0.3, -0.25) is 4.79 Å². The van der Waals surface area contributed by atoms with Gasteiger partial charge in [-0.05, 0) is 47.9 Å². The smallest absolute Gasteiger partial charge is 0.329 e. The monoisotopic (exact) mass is 567 g/mol. The third-order valence-corrected chi connectivity index (χ3v) is 7.99. The average molecular weight is 568 g/mol. The van der Waals surface area contributed by atoms with Crippen LogP contribution in [0.4, 0.5) is 13.2 Å². The molecule has 0 aliphatic heterocycles. The number of amides is 1. The minimum atomic E-state index is -4.52. The van der Waals surface area contributed by atoms with Gasteiger partial charge in [0.2, 0.25) is 15.0 Å². The van der Waals surface area contributed by atoms with Crippen LogP contribution in [0.15, 0.2) is 103 Å². The Morgan fingerprint density at radius 1 is 1.00 bits per heavy atom. The van der Waals surface area contributed by atoms with Gasteiger partial charge in [0.1, 0.15) is 0 Å². The summed E-state index contributed by atoms with van der Waals surface area (Å²) in [5.41, 5.74) is 1.99. The summed E-state index contributed by atoms with van der Waals surface area (Å²) < 4.78 is 67.7. The maximum absolute atomic E-state index is 13.6. The molecule has 0 atom stereocenters. The largest absolute Gasteiger partial charge is 0.416 e. The second kappa shape index (κ2) is 11.9. The molecule has 1 aromatic heterocycles. The number of hydrogen-bond acceptors (Lipinski definition) is 4. The number of imidazole rings is 1. The standard InChI is InChI=1S/C30H28F3N3O3S/c1-3-17-35(28(37)24-13-15-26(16-14-24)30(31,32)33)20-27-18-34-29(36(27)19-23-10-5-4-6-11-23)40(38,39)21-25-12-8-7-9-22(25)2/h3-16,18H,1,17,19-21H2,2H3. The van der Waals surface area contributed by atoms with E-state index >= 15 is 0 Å². The predicted octanol–water partition coefficient (Wildman–Crippen LogP) is 6.06. The number of sulfone groups is 1. The summed E-state index contributed by atoms with van der Waals surface area (Å²) in [6.07, 6.45) is -1.61. The van der Waals surface area contributed by atoms with Crippen molar-refractivity contribution in [3.8, 4) is 0 Å². The molecule has 4 aromatic rings. The summed E-state index contributed by atoms with van der Waals surface area (Å²) in [6.45, 7) is 5.77. The molecule has 0 saturated heterocycles. The minimum Gasteiger partial charge on any atom is -0.329 e. The molecule has 0 spiro atoms. The van der Waals surface area contributed by atoms with Crippen LogP contribution in [0.25, 0.3) is 0 Å². The highest BCUT2D eigenvalue weighted by Crippen LogP contribution is 2.29. The van der Waals surface area contributed by atoms with Crippen LogP contribution in [0.5, 0.6) is 0 Å². The Morgan fingerprint density at radius 2 is 1.65 bits per heavy atom. The number of benzene rings is 3. The maximum Gasteiger partial charge on any atom is 0.416 e. The zero-order valence-electron chi connectivity index (χ0n) is 21.8. The summed E-state index contributed by atoms with van der Waals surface area (Å²) in [7, 11) is -3.88. The molecule has 0 aliphatic carbocycles. The van der Waals surface area contributed by atoms with Crippen LogP contribution in [0.2, 0.25) is 0 Å². The first-order valence-corrected chi connectivity index (χ1v) is 14.1. The topological polar surface area (TPSA) is 72.3 Å². The second-order valence-electron chi connectivity index (χ2n) is 9.34. The number of aromatic nitrogens is 2. The number of rotatable bonds is 10. The van der Waals surface area contributed by atoms with Gasteiger partial charge < -0.3 is 9.47 Å². The average Bonchev–Trinajstić information content (AvgIpc) is 3.32. The van der Waals surface area contributed by atoms with Gasteiger partial charge >= 0.3 is 6.18 Å². The summed E-state index contributed by atoms with van der Waals surface area (Å²) >= 11 is 0. The normalized spacial score (nSPS) is 11.8. The molecule has 0 saturated carbocycles. The summed E-state index contributed by atoms with van der Waals surface area (Å²) in [4.78, 5) is 19.0. The van der Waals surface area contributed by atoms with Gasteiger partial charge in [-0.2, -0.15) is 13.2 Å². The second-order valence-corrected chi connectivity index (χ2v) is 11.2. The van der Waals surface area contributed by atoms with Gasteiger partial charge in [-0.15, -0.1) is 6.58 Å². The molecule has 4 rings (SSSR count). The molecule has 40 heavy (non-hydrogen) atoms. The molecule has 208 valence electrons. The van der Waals surface area contributed by atoms with Crippen molar-refractivity contribution in [1.82, 2.24) is 14.5 Å². The Balaban J connectivity index is 1.70. The third-order valence-electron chi connectivity index (χ3n) is 6.42. The Hall–Kier alpha value is -4.18. The van der Waals surface area contributed by atoms with E-state index in [0.717, 1.165) is 35.4 Å². The predicted molar refractivity (Wildman–Crippen MR) is 146 cm³/mol. The molecule has 0 aliphatic rings. The Bertz CT molecular complexity index is 1600. The molecule has 0 bridgehead atoms. The highest BCUT2D eigenvalue weighted by Gasteiger charge is 2.31. The van der Waals surface area contributed by atoms with Crippen LogP contribution in [0.1, 0.15) is 38.3 Å². The molecule has 0 radical (unpaired) electrons. The van der Waals surface area contributed by atoms with Crippen LogP contribution in [0, 0.1) is 6.92 Å². The third kappa shape index (κ3) is 6.69. The van der Waals surface area contributed by atoms with E-state index in [1.54, 1.807) is 16.7 Å². The zero-order chi connectivity index (χ0) is 28.9. The highest BCUT2D eigenvalue weighted by molar-refractivity contribution is 7.90. The van der Waals surface area contributed by atoms with Crippen LogP contribution in [0.3, 0.4) is 0 Å². The maximum atomic E-state index is 13.6. The first-order chi connectivity index (χ1) is 19.0. The van der Waals surface area contributed by atoms with Crippen LogP contribution >= 0.6 is 0 Å². The molecule has 6 nitrogen and oxygen atoms in total. The molecule has 3 aromatic carbocycles. The fourth-order valence-electron chi connectivity index (χ4n) is 4.30. The summed E-state index contributed by atoms with van der Waals surface area (Å²) in [6, 6.07) is 20.4. The van der Waals surface area contributed by atoms with Crippen molar-refractivity contribution in [3.05, 3.63) is 131 Å². The molecular weight excluding hydrogens is 539 g/mol. The highest BCUT2D eigenvalue weighted by atomic mass is 32.2. The molecule has 1 heterocycles. The lowest BCUT2D eigenvalue weighted by Crippen LogP contribution is -2.32. The van der Waals surface area contributed by atoms with E-state index in [9.17, 15) is 26.4 Å². The fourth-order valence-corrected chi connectivity index (χ4v) is 5.89. The van der Waals surface area contributed by atoms with Crippen molar-refractivity contribution in [2.24, 2.45) is 0 Å². The van der Waals surface area contributed by atoms with E-state index in [1.165, 1.54) is 17.2 Å². The van der Waals surface area contributed by atoms with E-state index in [4.69, 9.17) is 0 Å². The zero-order valence-corrected chi connectivity index (χ0v) is 22.6. The van der Waals surface area contributed by atoms with Crippen LogP contribution < -0.4 is 0 Å². The van der Waals surface area contributed by atoms with Crippen LogP contribution in [-0.2, 0) is 34.9 Å². The molecule has 1 amide bonds. The molecule has 0 fully saturated rings. The van der Waals surface area contributed by atoms with Crippen molar-refractivity contribution in [2.45, 2.75) is 37.1 Å². The first kappa shape index (κ1) is 28.8. The van der Waals surface area contributed by atoms with Crippen molar-refractivity contribution in [3.63, 3.8) is 0 Å². The minimum absolute atomic E-state index is 0.0361. The lowest BCUT2D eigenvalue weighted by atomic mass is 10.1. The van der Waals surface area contributed by atoms with E-state index in [1.807, 2.05) is 49.4 Å². The van der Waals surface area contributed by atoms with Crippen molar-refractivity contribution >= 4 is 15.7 Å². The lowest BCUT2D eigenvalue weighted by Gasteiger charge is -2.23. The van der Waals surface area contributed by atoms with Gasteiger partial charge in [0.25, 0.3) is 5.91 Å². The Labute approximate surface area is 231 Å². The van der Waals surface area contributed by atoms with Crippen molar-refractivity contribution < 1.29 is 26.4 Å².